The molecular formula is C11H21NO2. The molecule has 0 aliphatic rings. The molecule has 0 saturated carbocycles. The summed E-state index contributed by atoms with van der Waals surface area (Å²) in [5.41, 5.74) is -0.387. The lowest BCUT2D eigenvalue weighted by Crippen LogP contribution is -2.44. The summed E-state index contributed by atoms with van der Waals surface area (Å²) in [6.07, 6.45) is 1.61. The number of Topliss-reactive ketones (excluding diaryl/α,β-unsaturated/α-hetero) is 1. The molecule has 1 atom stereocenters. The van der Waals surface area contributed by atoms with Crippen LogP contribution < -0.4 is 5.32 Å². The van der Waals surface area contributed by atoms with Gasteiger partial charge in [0.25, 0.3) is 0 Å². The third kappa shape index (κ3) is 4.40. The van der Waals surface area contributed by atoms with Crippen molar-refractivity contribution >= 4 is 11.7 Å². The van der Waals surface area contributed by atoms with Crippen LogP contribution in [0.3, 0.4) is 0 Å². The van der Waals surface area contributed by atoms with Crippen LogP contribution in [0.2, 0.25) is 0 Å². The molecule has 0 heterocycles. The number of hydrogen-bond acceptors (Lipinski definition) is 2. The summed E-state index contributed by atoms with van der Waals surface area (Å²) in [5, 5.41) is 2.70. The smallest absolute Gasteiger partial charge is 0.217 e. The summed E-state index contributed by atoms with van der Waals surface area (Å²) in [4.78, 5) is 22.8. The van der Waals surface area contributed by atoms with E-state index in [1.54, 1.807) is 0 Å². The Kier molecular flexibility index (Phi) is 4.81. The first-order chi connectivity index (χ1) is 6.29. The normalized spacial score (nSPS) is 13.5. The Morgan fingerprint density at radius 3 is 2.07 bits per heavy atom. The summed E-state index contributed by atoms with van der Waals surface area (Å²) in [6, 6.07) is -0.322. The number of ketones is 1. The second kappa shape index (κ2) is 5.13. The fraction of sp³-hybridized carbons (Fsp3) is 0.818. The van der Waals surface area contributed by atoms with Gasteiger partial charge in [-0.2, -0.15) is 0 Å². The third-order valence-corrected chi connectivity index (χ3v) is 2.01. The lowest BCUT2D eigenvalue weighted by Gasteiger charge is -2.24. The van der Waals surface area contributed by atoms with E-state index in [1.165, 1.54) is 6.92 Å². The highest BCUT2D eigenvalue weighted by Crippen LogP contribution is 2.18. The quantitative estimate of drug-likeness (QED) is 0.751. The van der Waals surface area contributed by atoms with E-state index in [9.17, 15) is 9.59 Å². The van der Waals surface area contributed by atoms with Crippen LogP contribution in [0, 0.1) is 5.41 Å². The molecule has 3 heteroatoms. The van der Waals surface area contributed by atoms with Crippen LogP contribution >= 0.6 is 0 Å². The maximum Gasteiger partial charge on any atom is 0.217 e. The highest BCUT2D eigenvalue weighted by atomic mass is 16.2. The van der Waals surface area contributed by atoms with Gasteiger partial charge in [-0.05, 0) is 6.42 Å². The highest BCUT2D eigenvalue weighted by molar-refractivity contribution is 5.91. The Bertz CT molecular complexity index is 216. The largest absolute Gasteiger partial charge is 0.347 e. The Hall–Kier alpha value is -0.860. The maximum atomic E-state index is 11.9. The minimum atomic E-state index is -0.387. The van der Waals surface area contributed by atoms with Crippen LogP contribution in [-0.4, -0.2) is 17.7 Å². The first-order valence-corrected chi connectivity index (χ1v) is 5.10. The molecule has 0 aromatic carbocycles. The van der Waals surface area contributed by atoms with E-state index in [-0.39, 0.29) is 23.1 Å². The van der Waals surface area contributed by atoms with Crippen LogP contribution in [0.5, 0.6) is 0 Å². The number of amides is 1. The van der Waals surface area contributed by atoms with E-state index in [1.807, 2.05) is 27.7 Å². The van der Waals surface area contributed by atoms with Crippen molar-refractivity contribution in [1.29, 1.82) is 0 Å². The molecule has 0 spiro atoms. The number of nitrogens with one attached hydrogen (secondary N) is 1. The molecule has 82 valence electrons. The molecule has 14 heavy (non-hydrogen) atoms. The van der Waals surface area contributed by atoms with Gasteiger partial charge in [-0.15, -0.1) is 0 Å². The van der Waals surface area contributed by atoms with E-state index in [4.69, 9.17) is 0 Å². The summed E-state index contributed by atoms with van der Waals surface area (Å²) in [6.45, 7) is 9.07. The predicted octanol–water partition coefficient (Wildman–Crippen LogP) is 1.91. The van der Waals surface area contributed by atoms with Gasteiger partial charge in [-0.25, -0.2) is 0 Å². The molecule has 1 unspecified atom stereocenters. The van der Waals surface area contributed by atoms with Crippen molar-refractivity contribution < 1.29 is 9.59 Å². The Balaban J connectivity index is 4.49. The zero-order chi connectivity index (χ0) is 11.4. The van der Waals surface area contributed by atoms with Gasteiger partial charge in [0.1, 0.15) is 0 Å². The van der Waals surface area contributed by atoms with Crippen LogP contribution in [0.25, 0.3) is 0 Å². The number of carbonyl (C=O) groups is 2. The third-order valence-electron chi connectivity index (χ3n) is 2.01. The average molecular weight is 199 g/mol. The van der Waals surface area contributed by atoms with Gasteiger partial charge in [0.15, 0.2) is 5.78 Å². The van der Waals surface area contributed by atoms with Crippen molar-refractivity contribution in [2.24, 2.45) is 5.41 Å². The SMILES string of the molecule is CCCC(NC(C)=O)C(=O)C(C)(C)C. The lowest BCUT2D eigenvalue weighted by atomic mass is 9.85. The van der Waals surface area contributed by atoms with Gasteiger partial charge >= 0.3 is 0 Å². The molecule has 0 rings (SSSR count). The molecule has 0 aromatic rings. The van der Waals surface area contributed by atoms with Gasteiger partial charge in [-0.1, -0.05) is 34.1 Å². The predicted molar refractivity (Wildman–Crippen MR) is 57.0 cm³/mol. The molecule has 0 radical (unpaired) electrons. The van der Waals surface area contributed by atoms with Crippen LogP contribution in [0.15, 0.2) is 0 Å². The fourth-order valence-corrected chi connectivity index (χ4v) is 1.33. The van der Waals surface area contributed by atoms with Crippen molar-refractivity contribution in [2.45, 2.75) is 53.5 Å². The molecule has 0 aromatic heterocycles. The van der Waals surface area contributed by atoms with Crippen molar-refractivity contribution in [3.05, 3.63) is 0 Å². The van der Waals surface area contributed by atoms with E-state index < -0.39 is 0 Å². The minimum absolute atomic E-state index is 0.106. The van der Waals surface area contributed by atoms with Gasteiger partial charge in [0.2, 0.25) is 5.91 Å². The van der Waals surface area contributed by atoms with Crippen molar-refractivity contribution in [1.82, 2.24) is 5.32 Å². The molecule has 1 amide bonds. The molecule has 1 N–H and O–H groups in total. The van der Waals surface area contributed by atoms with Gasteiger partial charge in [-0.3, -0.25) is 9.59 Å². The Morgan fingerprint density at radius 1 is 1.29 bits per heavy atom. The van der Waals surface area contributed by atoms with Gasteiger partial charge in [0.05, 0.1) is 6.04 Å². The highest BCUT2D eigenvalue weighted by Gasteiger charge is 2.29. The van der Waals surface area contributed by atoms with E-state index in [0.29, 0.717) is 0 Å². The second-order valence-corrected chi connectivity index (χ2v) is 4.66. The summed E-state index contributed by atoms with van der Waals surface area (Å²) >= 11 is 0. The summed E-state index contributed by atoms with van der Waals surface area (Å²) < 4.78 is 0. The van der Waals surface area contributed by atoms with E-state index >= 15 is 0 Å². The van der Waals surface area contributed by atoms with Crippen molar-refractivity contribution in [2.75, 3.05) is 0 Å². The molecule has 0 bridgehead atoms. The van der Waals surface area contributed by atoms with E-state index in [2.05, 4.69) is 5.32 Å². The molecule has 0 saturated heterocycles. The minimum Gasteiger partial charge on any atom is -0.347 e. The molecular weight excluding hydrogens is 178 g/mol. The van der Waals surface area contributed by atoms with E-state index in [0.717, 1.165) is 12.8 Å². The van der Waals surface area contributed by atoms with Crippen molar-refractivity contribution in [3.63, 3.8) is 0 Å². The lowest BCUT2D eigenvalue weighted by molar-refractivity contribution is -0.132. The van der Waals surface area contributed by atoms with Crippen LogP contribution in [-0.2, 0) is 9.59 Å². The van der Waals surface area contributed by atoms with Crippen LogP contribution in [0.4, 0.5) is 0 Å². The summed E-state index contributed by atoms with van der Waals surface area (Å²) in [7, 11) is 0. The first kappa shape index (κ1) is 13.1. The maximum absolute atomic E-state index is 11.9. The average Bonchev–Trinajstić information content (AvgIpc) is 2.00. The molecule has 0 aliphatic heterocycles. The molecule has 0 fully saturated rings. The standard InChI is InChI=1S/C11H21NO2/c1-6-7-9(12-8(2)13)10(14)11(3,4)5/h9H,6-7H2,1-5H3,(H,12,13). The second-order valence-electron chi connectivity index (χ2n) is 4.66. The van der Waals surface area contributed by atoms with Crippen molar-refractivity contribution in [3.8, 4) is 0 Å². The van der Waals surface area contributed by atoms with Crippen LogP contribution in [0.1, 0.15) is 47.5 Å². The summed E-state index contributed by atoms with van der Waals surface area (Å²) in [5.74, 6) is -0.0319. The number of rotatable bonds is 4. The van der Waals surface area contributed by atoms with Gasteiger partial charge in [0, 0.05) is 12.3 Å². The first-order valence-electron chi connectivity index (χ1n) is 5.10. The fourth-order valence-electron chi connectivity index (χ4n) is 1.33. The zero-order valence-corrected chi connectivity index (χ0v) is 9.81. The number of carbonyl (C=O) groups excluding carboxylic acids is 2. The number of hydrogen-bond donors (Lipinski definition) is 1. The monoisotopic (exact) mass is 199 g/mol. The molecule has 3 nitrogen and oxygen atoms in total. The zero-order valence-electron chi connectivity index (χ0n) is 9.81. The Labute approximate surface area is 86.3 Å². The Morgan fingerprint density at radius 2 is 1.79 bits per heavy atom. The topological polar surface area (TPSA) is 46.2 Å². The molecule has 0 aliphatic carbocycles. The van der Waals surface area contributed by atoms with Gasteiger partial charge < -0.3 is 5.32 Å².